The van der Waals surface area contributed by atoms with Crippen LogP contribution in [-0.2, 0) is 0 Å². The first-order chi connectivity index (χ1) is 6.70. The van der Waals surface area contributed by atoms with Crippen LogP contribution in [0.2, 0.25) is 0 Å². The predicted molar refractivity (Wildman–Crippen MR) is 49.4 cm³/mol. The molecule has 68 valence electrons. The Morgan fingerprint density at radius 1 is 1.50 bits per heavy atom. The third kappa shape index (κ3) is 1.25. The summed E-state index contributed by atoms with van der Waals surface area (Å²) < 4.78 is 13.9. The monoisotopic (exact) mass is 188 g/mol. The summed E-state index contributed by atoms with van der Waals surface area (Å²) in [6.45, 7) is 0. The number of hydrogen-bond donors (Lipinski definition) is 0. The molecule has 0 spiro atoms. The van der Waals surface area contributed by atoms with E-state index in [2.05, 4.69) is 10.9 Å². The Morgan fingerprint density at radius 2 is 2.29 bits per heavy atom. The van der Waals surface area contributed by atoms with Gasteiger partial charge in [0.05, 0.1) is 0 Å². The number of fused-ring (bicyclic) bond motifs is 1. The molecule has 0 bridgehead atoms. The normalized spacial score (nSPS) is 10.0. The first-order valence-electron chi connectivity index (χ1n) is 3.86. The summed E-state index contributed by atoms with van der Waals surface area (Å²) >= 11 is 0. The Kier molecular flexibility index (Phi) is 1.79. The van der Waals surface area contributed by atoms with Gasteiger partial charge in [0, 0.05) is 12.3 Å². The van der Waals surface area contributed by atoms with Crippen LogP contribution in [0.4, 0.5) is 4.39 Å². The van der Waals surface area contributed by atoms with Crippen molar-refractivity contribution in [3.63, 3.8) is 0 Å². The van der Waals surface area contributed by atoms with Gasteiger partial charge in [0.2, 0.25) is 0 Å². The smallest absolute Gasteiger partial charge is 0.259 e. The van der Waals surface area contributed by atoms with Gasteiger partial charge in [-0.2, -0.15) is 0 Å². The molecule has 0 aliphatic rings. The van der Waals surface area contributed by atoms with E-state index >= 15 is 0 Å². The van der Waals surface area contributed by atoms with E-state index in [1.165, 1.54) is 18.2 Å². The minimum absolute atomic E-state index is 0.251. The fourth-order valence-corrected chi connectivity index (χ4v) is 1.15. The first kappa shape index (κ1) is 8.45. The molecule has 0 saturated heterocycles. The Balaban J connectivity index is 2.92. The molecule has 0 fully saturated rings. The van der Waals surface area contributed by atoms with Crippen LogP contribution >= 0.6 is 0 Å². The minimum atomic E-state index is -0.491. The van der Waals surface area contributed by atoms with Crippen molar-refractivity contribution in [3.8, 4) is 12.3 Å². The summed E-state index contributed by atoms with van der Waals surface area (Å²) in [5, 5.41) is 0. The standard InChI is InChI=1S/C10H5FN2O/c1-2-8-5-10(14)13-6-7(11)3-4-9(13)12-8/h1,3-6H. The molecule has 0 atom stereocenters. The first-order valence-corrected chi connectivity index (χ1v) is 3.86. The van der Waals surface area contributed by atoms with Crippen LogP contribution in [0.25, 0.3) is 5.65 Å². The Hall–Kier alpha value is -2.15. The number of nitrogens with zero attached hydrogens (tertiary/aromatic N) is 2. The van der Waals surface area contributed by atoms with Crippen molar-refractivity contribution >= 4 is 5.65 Å². The van der Waals surface area contributed by atoms with E-state index in [0.717, 1.165) is 10.6 Å². The molecule has 0 aromatic carbocycles. The zero-order valence-corrected chi connectivity index (χ0v) is 7.07. The maximum absolute atomic E-state index is 12.8. The van der Waals surface area contributed by atoms with Crippen molar-refractivity contribution in [3.05, 3.63) is 46.3 Å². The van der Waals surface area contributed by atoms with E-state index in [0.29, 0.717) is 5.65 Å². The molecular formula is C10H5FN2O. The van der Waals surface area contributed by atoms with Gasteiger partial charge in [0.25, 0.3) is 5.56 Å². The molecule has 14 heavy (non-hydrogen) atoms. The van der Waals surface area contributed by atoms with Crippen molar-refractivity contribution in [2.24, 2.45) is 0 Å². The SMILES string of the molecule is C#Cc1cc(=O)n2cc(F)ccc2n1. The molecule has 2 rings (SSSR count). The highest BCUT2D eigenvalue weighted by atomic mass is 19.1. The fourth-order valence-electron chi connectivity index (χ4n) is 1.15. The van der Waals surface area contributed by atoms with E-state index < -0.39 is 5.82 Å². The van der Waals surface area contributed by atoms with Gasteiger partial charge in [0.15, 0.2) is 0 Å². The number of aromatic nitrogens is 2. The van der Waals surface area contributed by atoms with E-state index in [-0.39, 0.29) is 11.3 Å². The number of pyridine rings is 1. The lowest BCUT2D eigenvalue weighted by molar-refractivity contribution is 0.617. The molecule has 0 radical (unpaired) electrons. The van der Waals surface area contributed by atoms with Crippen molar-refractivity contribution in [2.75, 3.05) is 0 Å². The average molecular weight is 188 g/mol. The molecule has 0 N–H and O–H groups in total. The second kappa shape index (κ2) is 2.96. The molecule has 2 aromatic heterocycles. The molecule has 0 aliphatic heterocycles. The van der Waals surface area contributed by atoms with E-state index in [1.54, 1.807) is 0 Å². The van der Waals surface area contributed by atoms with Crippen LogP contribution in [0.3, 0.4) is 0 Å². The zero-order valence-electron chi connectivity index (χ0n) is 7.07. The van der Waals surface area contributed by atoms with Gasteiger partial charge >= 0.3 is 0 Å². The summed E-state index contributed by atoms with van der Waals surface area (Å²) in [4.78, 5) is 15.3. The van der Waals surface area contributed by atoms with E-state index in [1.807, 2.05) is 0 Å². The molecule has 2 aromatic rings. The van der Waals surface area contributed by atoms with Crippen LogP contribution < -0.4 is 5.56 Å². The van der Waals surface area contributed by atoms with Crippen molar-refractivity contribution in [2.45, 2.75) is 0 Å². The molecule has 0 amide bonds. The largest absolute Gasteiger partial charge is 0.269 e. The number of rotatable bonds is 0. The van der Waals surface area contributed by atoms with Crippen molar-refractivity contribution in [1.29, 1.82) is 0 Å². The van der Waals surface area contributed by atoms with E-state index in [4.69, 9.17) is 6.42 Å². The highest BCUT2D eigenvalue weighted by Crippen LogP contribution is 2.00. The lowest BCUT2D eigenvalue weighted by atomic mass is 10.4. The van der Waals surface area contributed by atoms with Crippen molar-refractivity contribution < 1.29 is 4.39 Å². The van der Waals surface area contributed by atoms with Gasteiger partial charge in [-0.1, -0.05) is 0 Å². The Morgan fingerprint density at radius 3 is 3.00 bits per heavy atom. The van der Waals surface area contributed by atoms with Crippen LogP contribution in [0.1, 0.15) is 5.69 Å². The van der Waals surface area contributed by atoms with Gasteiger partial charge in [-0.15, -0.1) is 6.42 Å². The molecule has 0 unspecified atom stereocenters. The fraction of sp³-hybridized carbons (Fsp3) is 0. The predicted octanol–water partition coefficient (Wildman–Crippen LogP) is 0.815. The lowest BCUT2D eigenvalue weighted by Crippen LogP contribution is -2.14. The Bertz CT molecular complexity index is 595. The summed E-state index contributed by atoms with van der Waals surface area (Å²) in [6.07, 6.45) is 6.18. The highest BCUT2D eigenvalue weighted by molar-refractivity contribution is 5.41. The van der Waals surface area contributed by atoms with E-state index in [9.17, 15) is 9.18 Å². The number of halogens is 1. The summed E-state index contributed by atoms with van der Waals surface area (Å²) in [7, 11) is 0. The number of terminal acetylenes is 1. The van der Waals surface area contributed by atoms with Crippen LogP contribution in [0.15, 0.2) is 29.2 Å². The van der Waals surface area contributed by atoms with Gasteiger partial charge in [0.1, 0.15) is 17.2 Å². The zero-order chi connectivity index (χ0) is 10.1. The summed E-state index contributed by atoms with van der Waals surface area (Å²) in [6, 6.07) is 3.81. The van der Waals surface area contributed by atoms with Crippen LogP contribution in [0.5, 0.6) is 0 Å². The molecule has 3 nitrogen and oxygen atoms in total. The highest BCUT2D eigenvalue weighted by Gasteiger charge is 2.00. The second-order valence-corrected chi connectivity index (χ2v) is 2.70. The van der Waals surface area contributed by atoms with Gasteiger partial charge in [-0.25, -0.2) is 9.37 Å². The third-order valence-electron chi connectivity index (χ3n) is 1.77. The molecular weight excluding hydrogens is 183 g/mol. The maximum atomic E-state index is 12.8. The quantitative estimate of drug-likeness (QED) is 0.573. The van der Waals surface area contributed by atoms with Crippen LogP contribution in [0, 0.1) is 18.2 Å². The maximum Gasteiger partial charge on any atom is 0.259 e. The van der Waals surface area contributed by atoms with Crippen molar-refractivity contribution in [1.82, 2.24) is 9.38 Å². The molecule has 4 heteroatoms. The average Bonchev–Trinajstić information content (AvgIpc) is 2.19. The third-order valence-corrected chi connectivity index (χ3v) is 1.77. The molecule has 0 saturated carbocycles. The van der Waals surface area contributed by atoms with Gasteiger partial charge in [-0.3, -0.25) is 9.20 Å². The molecule has 2 heterocycles. The molecule has 0 aliphatic carbocycles. The lowest BCUT2D eigenvalue weighted by Gasteiger charge is -1.99. The van der Waals surface area contributed by atoms with Gasteiger partial charge in [-0.05, 0) is 18.1 Å². The second-order valence-electron chi connectivity index (χ2n) is 2.70. The van der Waals surface area contributed by atoms with Gasteiger partial charge < -0.3 is 0 Å². The van der Waals surface area contributed by atoms with Crippen LogP contribution in [-0.4, -0.2) is 9.38 Å². The Labute approximate surface area is 78.8 Å². The number of hydrogen-bond acceptors (Lipinski definition) is 2. The summed E-state index contributed by atoms with van der Waals surface area (Å²) in [5.41, 5.74) is 0.205. The summed E-state index contributed by atoms with van der Waals surface area (Å²) in [5.74, 6) is 1.77. The minimum Gasteiger partial charge on any atom is -0.269 e. The topological polar surface area (TPSA) is 34.4 Å².